The number of amides is 2. The summed E-state index contributed by atoms with van der Waals surface area (Å²) in [5.41, 5.74) is 0. The van der Waals surface area contributed by atoms with E-state index in [1.165, 1.54) is 12.8 Å². The van der Waals surface area contributed by atoms with E-state index in [-0.39, 0.29) is 18.4 Å². The van der Waals surface area contributed by atoms with Gasteiger partial charge in [0.15, 0.2) is 6.61 Å². The molecule has 1 atom stereocenters. The highest BCUT2D eigenvalue weighted by atomic mass is 32.2. The van der Waals surface area contributed by atoms with Gasteiger partial charge in [-0.25, -0.2) is 0 Å². The first-order valence-electron chi connectivity index (χ1n) is 8.95. The monoisotopic (exact) mass is 364 g/mol. The Labute approximate surface area is 154 Å². The molecule has 25 heavy (non-hydrogen) atoms. The Morgan fingerprint density at radius 3 is 2.48 bits per heavy atom. The normalized spacial score (nSPS) is 16.0. The van der Waals surface area contributed by atoms with Gasteiger partial charge in [0, 0.05) is 13.1 Å². The van der Waals surface area contributed by atoms with Crippen LogP contribution in [0.4, 0.5) is 0 Å². The molecule has 138 valence electrons. The number of benzene rings is 1. The standard InChI is InChI=1S/C19H28N2O3S/c1-25-14-11-17(19(23)21-12-7-2-3-8-13-21)20-18(22)15-24-16-9-5-4-6-10-16/h4-6,9-10,17H,2-3,7-8,11-15H2,1H3,(H,20,22)/t17-/m0/s1. The van der Waals surface area contributed by atoms with Gasteiger partial charge in [0.05, 0.1) is 0 Å². The van der Waals surface area contributed by atoms with Crippen LogP contribution in [-0.4, -0.2) is 54.5 Å². The van der Waals surface area contributed by atoms with Gasteiger partial charge in [-0.1, -0.05) is 31.0 Å². The van der Waals surface area contributed by atoms with Crippen LogP contribution < -0.4 is 10.1 Å². The highest BCUT2D eigenvalue weighted by molar-refractivity contribution is 7.98. The average molecular weight is 365 g/mol. The van der Waals surface area contributed by atoms with E-state index in [4.69, 9.17) is 4.74 Å². The van der Waals surface area contributed by atoms with E-state index in [0.29, 0.717) is 12.2 Å². The smallest absolute Gasteiger partial charge is 0.258 e. The number of carbonyl (C=O) groups excluding carboxylic acids is 2. The Bertz CT molecular complexity index is 531. The van der Waals surface area contributed by atoms with Gasteiger partial charge in [0.1, 0.15) is 11.8 Å². The predicted molar refractivity (Wildman–Crippen MR) is 102 cm³/mol. The Morgan fingerprint density at radius 2 is 1.84 bits per heavy atom. The number of rotatable bonds is 8. The molecule has 1 fully saturated rings. The average Bonchev–Trinajstić information content (AvgIpc) is 2.93. The van der Waals surface area contributed by atoms with E-state index in [0.717, 1.165) is 31.7 Å². The highest BCUT2D eigenvalue weighted by Gasteiger charge is 2.26. The fourth-order valence-electron chi connectivity index (χ4n) is 2.91. The molecule has 0 aromatic heterocycles. The maximum Gasteiger partial charge on any atom is 0.258 e. The summed E-state index contributed by atoms with van der Waals surface area (Å²) < 4.78 is 5.48. The molecule has 0 radical (unpaired) electrons. The maximum atomic E-state index is 12.8. The molecule has 5 nitrogen and oxygen atoms in total. The third-order valence-corrected chi connectivity index (χ3v) is 4.92. The Hall–Kier alpha value is -1.69. The van der Waals surface area contributed by atoms with Crippen molar-refractivity contribution >= 4 is 23.6 Å². The van der Waals surface area contributed by atoms with Gasteiger partial charge in [-0.15, -0.1) is 0 Å². The van der Waals surface area contributed by atoms with E-state index in [1.54, 1.807) is 23.9 Å². The first-order valence-corrected chi connectivity index (χ1v) is 10.3. The predicted octanol–water partition coefficient (Wildman–Crippen LogP) is 2.71. The summed E-state index contributed by atoms with van der Waals surface area (Å²) in [6, 6.07) is 8.76. The largest absolute Gasteiger partial charge is 0.484 e. The van der Waals surface area contributed by atoms with Crippen LogP contribution in [0.25, 0.3) is 0 Å². The van der Waals surface area contributed by atoms with Crippen molar-refractivity contribution in [2.24, 2.45) is 0 Å². The molecule has 6 heteroatoms. The van der Waals surface area contributed by atoms with Gasteiger partial charge in [-0.3, -0.25) is 9.59 Å². The number of carbonyl (C=O) groups is 2. The first kappa shape index (κ1) is 19.6. The molecule has 1 aromatic carbocycles. The van der Waals surface area contributed by atoms with Gasteiger partial charge in [0.2, 0.25) is 5.91 Å². The first-order chi connectivity index (χ1) is 12.2. The van der Waals surface area contributed by atoms with Crippen molar-refractivity contribution in [3.05, 3.63) is 30.3 Å². The molecule has 0 unspecified atom stereocenters. The van der Waals surface area contributed by atoms with E-state index >= 15 is 0 Å². The van der Waals surface area contributed by atoms with E-state index in [2.05, 4.69) is 5.32 Å². The van der Waals surface area contributed by atoms with Gasteiger partial charge in [-0.2, -0.15) is 11.8 Å². The molecule has 1 aliphatic rings. The number of thioether (sulfide) groups is 1. The molecule has 1 saturated heterocycles. The summed E-state index contributed by atoms with van der Waals surface area (Å²) >= 11 is 1.68. The molecule has 1 N–H and O–H groups in total. The van der Waals surface area contributed by atoms with Crippen LogP contribution in [0.5, 0.6) is 5.75 Å². The number of hydrogen-bond donors (Lipinski definition) is 1. The van der Waals surface area contributed by atoms with Crippen LogP contribution in [0.1, 0.15) is 32.1 Å². The number of nitrogens with zero attached hydrogens (tertiary/aromatic N) is 1. The minimum absolute atomic E-state index is 0.0454. The minimum Gasteiger partial charge on any atom is -0.484 e. The van der Waals surface area contributed by atoms with Crippen LogP contribution in [-0.2, 0) is 9.59 Å². The Kier molecular flexibility index (Phi) is 8.66. The zero-order valence-corrected chi connectivity index (χ0v) is 15.7. The van der Waals surface area contributed by atoms with Crippen LogP contribution >= 0.6 is 11.8 Å². The van der Waals surface area contributed by atoms with Gasteiger partial charge >= 0.3 is 0 Å². The van der Waals surface area contributed by atoms with Crippen molar-refractivity contribution < 1.29 is 14.3 Å². The fraction of sp³-hybridized carbons (Fsp3) is 0.579. The van der Waals surface area contributed by atoms with Crippen molar-refractivity contribution in [1.29, 1.82) is 0 Å². The molecule has 2 amide bonds. The zero-order chi connectivity index (χ0) is 17.9. The van der Waals surface area contributed by atoms with Crippen molar-refractivity contribution in [3.8, 4) is 5.75 Å². The lowest BCUT2D eigenvalue weighted by atomic mass is 10.2. The lowest BCUT2D eigenvalue weighted by Gasteiger charge is -2.26. The van der Waals surface area contributed by atoms with Gasteiger partial charge in [0.25, 0.3) is 5.91 Å². The number of nitrogens with one attached hydrogen (secondary N) is 1. The molecule has 0 saturated carbocycles. The summed E-state index contributed by atoms with van der Waals surface area (Å²) in [7, 11) is 0. The molecular formula is C19H28N2O3S. The fourth-order valence-corrected chi connectivity index (χ4v) is 3.38. The van der Waals surface area contributed by atoms with Crippen LogP contribution in [0.2, 0.25) is 0 Å². The van der Waals surface area contributed by atoms with Crippen molar-refractivity contribution in [2.45, 2.75) is 38.1 Å². The lowest BCUT2D eigenvalue weighted by molar-refractivity contribution is -0.137. The number of hydrogen-bond acceptors (Lipinski definition) is 4. The summed E-state index contributed by atoms with van der Waals surface area (Å²) in [5.74, 6) is 1.28. The van der Waals surface area contributed by atoms with E-state index < -0.39 is 6.04 Å². The molecular weight excluding hydrogens is 336 g/mol. The quantitative estimate of drug-likeness (QED) is 0.770. The zero-order valence-electron chi connectivity index (χ0n) is 14.9. The molecule has 1 heterocycles. The number of para-hydroxylation sites is 1. The summed E-state index contributed by atoms with van der Waals surface area (Å²) in [6.07, 6.45) is 7.10. The van der Waals surface area contributed by atoms with Crippen LogP contribution in [0, 0.1) is 0 Å². The number of likely N-dealkylation sites (tertiary alicyclic amines) is 1. The Balaban J connectivity index is 1.88. The van der Waals surface area contributed by atoms with E-state index in [9.17, 15) is 9.59 Å². The summed E-state index contributed by atoms with van der Waals surface area (Å²) in [5, 5.41) is 2.87. The molecule has 1 aromatic rings. The molecule has 2 rings (SSSR count). The molecule has 1 aliphatic heterocycles. The third kappa shape index (κ3) is 6.98. The van der Waals surface area contributed by atoms with Crippen LogP contribution in [0.15, 0.2) is 30.3 Å². The SMILES string of the molecule is CSCC[C@H](NC(=O)COc1ccccc1)C(=O)N1CCCCCC1. The van der Waals surface area contributed by atoms with Gasteiger partial charge in [-0.05, 0) is 43.4 Å². The maximum absolute atomic E-state index is 12.8. The summed E-state index contributed by atoms with van der Waals surface area (Å²) in [6.45, 7) is 1.52. The lowest BCUT2D eigenvalue weighted by Crippen LogP contribution is -2.50. The second kappa shape index (κ2) is 11.0. The number of ether oxygens (including phenoxy) is 1. The second-order valence-electron chi connectivity index (χ2n) is 6.24. The summed E-state index contributed by atoms with van der Waals surface area (Å²) in [4.78, 5) is 27.0. The highest BCUT2D eigenvalue weighted by Crippen LogP contribution is 2.13. The molecule has 0 spiro atoms. The Morgan fingerprint density at radius 1 is 1.16 bits per heavy atom. The minimum atomic E-state index is -0.461. The van der Waals surface area contributed by atoms with Gasteiger partial charge < -0.3 is 15.0 Å². The van der Waals surface area contributed by atoms with Crippen molar-refractivity contribution in [2.75, 3.05) is 31.7 Å². The van der Waals surface area contributed by atoms with E-state index in [1.807, 2.05) is 29.4 Å². The van der Waals surface area contributed by atoms with Crippen molar-refractivity contribution in [1.82, 2.24) is 10.2 Å². The second-order valence-corrected chi connectivity index (χ2v) is 7.23. The topological polar surface area (TPSA) is 58.6 Å². The van der Waals surface area contributed by atoms with Crippen molar-refractivity contribution in [3.63, 3.8) is 0 Å². The van der Waals surface area contributed by atoms with Crippen LogP contribution in [0.3, 0.4) is 0 Å². The molecule has 0 bridgehead atoms. The molecule has 0 aliphatic carbocycles. The third-order valence-electron chi connectivity index (χ3n) is 4.27.